The molecule has 27 heavy (non-hydrogen) atoms. The highest BCUT2D eigenvalue weighted by molar-refractivity contribution is 6.41. The number of fused-ring (bicyclic) bond motifs is 1. The minimum atomic E-state index is 0.0867. The van der Waals surface area contributed by atoms with Crippen molar-refractivity contribution in [1.82, 2.24) is 9.97 Å². The van der Waals surface area contributed by atoms with Crippen molar-refractivity contribution < 1.29 is 9.47 Å². The van der Waals surface area contributed by atoms with Crippen molar-refractivity contribution >= 4 is 40.1 Å². The van der Waals surface area contributed by atoms with Gasteiger partial charge in [-0.3, -0.25) is 0 Å². The van der Waals surface area contributed by atoms with E-state index in [1.165, 1.54) is 0 Å². The number of ether oxygens (including phenoxy) is 2. The first-order valence-electron chi connectivity index (χ1n) is 8.32. The predicted octanol–water partition coefficient (Wildman–Crippen LogP) is 4.38. The molecule has 1 aromatic heterocycles. The summed E-state index contributed by atoms with van der Waals surface area (Å²) < 4.78 is 10.7. The largest absolute Gasteiger partial charge is 0.495 e. The number of aromatic nitrogens is 2. The maximum Gasteiger partial charge on any atom is 0.223 e. The first-order valence-corrected chi connectivity index (χ1v) is 9.07. The van der Waals surface area contributed by atoms with Crippen molar-refractivity contribution in [1.29, 1.82) is 0 Å². The van der Waals surface area contributed by atoms with Gasteiger partial charge >= 0.3 is 0 Å². The van der Waals surface area contributed by atoms with E-state index in [9.17, 15) is 0 Å². The second-order valence-corrected chi connectivity index (χ2v) is 6.79. The molecule has 0 unspecified atom stereocenters. The summed E-state index contributed by atoms with van der Waals surface area (Å²) in [5, 5.41) is 4.84. The SMILES string of the molecule is COc1cc(OC)c(Cl)c(-c2ccc3nc(N[C@@H](C)CN)ncc3c2)c1Cl. The topological polar surface area (TPSA) is 82.3 Å². The lowest BCUT2D eigenvalue weighted by atomic mass is 10.0. The Bertz CT molecular complexity index is 953. The van der Waals surface area contributed by atoms with E-state index in [1.807, 2.05) is 25.1 Å². The molecule has 3 rings (SSSR count). The van der Waals surface area contributed by atoms with E-state index in [-0.39, 0.29) is 6.04 Å². The lowest BCUT2D eigenvalue weighted by Crippen LogP contribution is -2.26. The van der Waals surface area contributed by atoms with Gasteiger partial charge in [0, 0.05) is 35.8 Å². The standard InChI is InChI=1S/C19H20Cl2N4O2/c1-10(8-22)24-19-23-9-12-6-11(4-5-13(12)25-19)16-17(20)14(26-2)7-15(27-3)18(16)21/h4-7,9-10H,8,22H2,1-3H3,(H,23,24,25)/t10-/m0/s1. The van der Waals surface area contributed by atoms with E-state index in [4.69, 9.17) is 38.4 Å². The predicted molar refractivity (Wildman–Crippen MR) is 110 cm³/mol. The van der Waals surface area contributed by atoms with Gasteiger partial charge < -0.3 is 20.5 Å². The summed E-state index contributed by atoms with van der Waals surface area (Å²) in [6, 6.07) is 7.47. The molecule has 1 heterocycles. The van der Waals surface area contributed by atoms with Gasteiger partial charge in [-0.2, -0.15) is 0 Å². The van der Waals surface area contributed by atoms with Crippen LogP contribution in [0.25, 0.3) is 22.0 Å². The molecule has 0 aliphatic heterocycles. The van der Waals surface area contributed by atoms with Crippen molar-refractivity contribution in [3.63, 3.8) is 0 Å². The molecule has 1 atom stereocenters. The van der Waals surface area contributed by atoms with Crippen LogP contribution < -0.4 is 20.5 Å². The summed E-state index contributed by atoms with van der Waals surface area (Å²) in [6.07, 6.45) is 1.75. The Balaban J connectivity index is 2.09. The van der Waals surface area contributed by atoms with E-state index in [2.05, 4.69) is 15.3 Å². The molecule has 8 heteroatoms. The molecule has 0 amide bonds. The Hall–Kier alpha value is -2.28. The van der Waals surface area contributed by atoms with E-state index in [0.717, 1.165) is 16.5 Å². The van der Waals surface area contributed by atoms with Gasteiger partial charge in [-0.05, 0) is 24.6 Å². The first kappa shape index (κ1) is 19.5. The van der Waals surface area contributed by atoms with Crippen molar-refractivity contribution in [2.75, 3.05) is 26.1 Å². The third-order valence-corrected chi connectivity index (χ3v) is 4.92. The molecule has 3 N–H and O–H groups in total. The summed E-state index contributed by atoms with van der Waals surface area (Å²) in [5.41, 5.74) is 7.87. The monoisotopic (exact) mass is 406 g/mol. The van der Waals surface area contributed by atoms with Crippen LogP contribution in [0.15, 0.2) is 30.5 Å². The minimum Gasteiger partial charge on any atom is -0.495 e. The number of anilines is 1. The van der Waals surface area contributed by atoms with Crippen LogP contribution in [-0.4, -0.2) is 36.8 Å². The molecule has 0 spiro atoms. The number of nitrogens with zero attached hydrogens (tertiary/aromatic N) is 2. The zero-order valence-corrected chi connectivity index (χ0v) is 16.7. The van der Waals surface area contributed by atoms with Crippen LogP contribution in [0.1, 0.15) is 6.92 Å². The van der Waals surface area contributed by atoms with Crippen LogP contribution in [0.3, 0.4) is 0 Å². The van der Waals surface area contributed by atoms with Crippen LogP contribution >= 0.6 is 23.2 Å². The average Bonchev–Trinajstić information content (AvgIpc) is 2.68. The van der Waals surface area contributed by atoms with Gasteiger partial charge in [-0.15, -0.1) is 0 Å². The highest BCUT2D eigenvalue weighted by Crippen LogP contribution is 2.46. The van der Waals surface area contributed by atoms with Gasteiger partial charge in [0.2, 0.25) is 5.95 Å². The molecular formula is C19H20Cl2N4O2. The number of nitrogens with one attached hydrogen (secondary N) is 1. The van der Waals surface area contributed by atoms with Crippen molar-refractivity contribution in [2.24, 2.45) is 5.73 Å². The second kappa shape index (κ2) is 8.17. The zero-order valence-electron chi connectivity index (χ0n) is 15.2. The molecule has 0 aliphatic rings. The van der Waals surface area contributed by atoms with Crippen LogP contribution in [0, 0.1) is 0 Å². The molecule has 0 radical (unpaired) electrons. The van der Waals surface area contributed by atoms with Crippen LogP contribution in [0.5, 0.6) is 11.5 Å². The maximum atomic E-state index is 6.51. The number of benzene rings is 2. The zero-order chi connectivity index (χ0) is 19.6. The van der Waals surface area contributed by atoms with Crippen LogP contribution in [0.2, 0.25) is 10.0 Å². The summed E-state index contributed by atoms with van der Waals surface area (Å²) in [5.74, 6) is 1.51. The van der Waals surface area contributed by atoms with Gasteiger partial charge in [0.05, 0.1) is 29.8 Å². The second-order valence-electron chi connectivity index (χ2n) is 6.03. The Labute approximate surface area is 167 Å². The Morgan fingerprint density at radius 3 is 2.37 bits per heavy atom. The lowest BCUT2D eigenvalue weighted by molar-refractivity contribution is 0.395. The first-order chi connectivity index (χ1) is 13.0. The van der Waals surface area contributed by atoms with Crippen LogP contribution in [0.4, 0.5) is 5.95 Å². The summed E-state index contributed by atoms with van der Waals surface area (Å²) >= 11 is 13.0. The fourth-order valence-electron chi connectivity index (χ4n) is 2.68. The molecule has 0 fully saturated rings. The van der Waals surface area contributed by atoms with Gasteiger partial charge in [-0.25, -0.2) is 9.97 Å². The normalized spacial score (nSPS) is 12.1. The fraction of sp³-hybridized carbons (Fsp3) is 0.263. The molecule has 0 saturated heterocycles. The summed E-state index contributed by atoms with van der Waals surface area (Å²) in [6.45, 7) is 2.46. The molecule has 3 aromatic rings. The van der Waals surface area contributed by atoms with Crippen LogP contribution in [-0.2, 0) is 0 Å². The quantitative estimate of drug-likeness (QED) is 0.631. The average molecular weight is 407 g/mol. The van der Waals surface area contributed by atoms with Crippen molar-refractivity contribution in [2.45, 2.75) is 13.0 Å². The van der Waals surface area contributed by atoms with E-state index in [1.54, 1.807) is 26.5 Å². The number of hydrogen-bond acceptors (Lipinski definition) is 6. The molecular weight excluding hydrogens is 387 g/mol. The summed E-state index contributed by atoms with van der Waals surface area (Å²) in [4.78, 5) is 8.87. The highest BCUT2D eigenvalue weighted by Gasteiger charge is 2.19. The Kier molecular flexibility index (Phi) is 5.89. The van der Waals surface area contributed by atoms with Gasteiger partial charge in [0.1, 0.15) is 11.5 Å². The third-order valence-electron chi connectivity index (χ3n) is 4.17. The van der Waals surface area contributed by atoms with E-state index in [0.29, 0.717) is 39.6 Å². The Morgan fingerprint density at radius 1 is 1.11 bits per heavy atom. The fourth-order valence-corrected chi connectivity index (χ4v) is 3.40. The molecule has 0 bridgehead atoms. The molecule has 0 aliphatic carbocycles. The molecule has 6 nitrogen and oxygen atoms in total. The molecule has 142 valence electrons. The van der Waals surface area contributed by atoms with E-state index < -0.39 is 0 Å². The van der Waals surface area contributed by atoms with Crippen molar-refractivity contribution in [3.8, 4) is 22.6 Å². The molecule has 0 saturated carbocycles. The number of hydrogen-bond donors (Lipinski definition) is 2. The maximum absolute atomic E-state index is 6.51. The number of nitrogens with two attached hydrogens (primary N) is 1. The smallest absolute Gasteiger partial charge is 0.223 e. The van der Waals surface area contributed by atoms with E-state index >= 15 is 0 Å². The number of methoxy groups -OCH3 is 2. The van der Waals surface area contributed by atoms with Gasteiger partial charge in [-0.1, -0.05) is 29.3 Å². The summed E-state index contributed by atoms with van der Waals surface area (Å²) in [7, 11) is 3.09. The molecule has 2 aromatic carbocycles. The van der Waals surface area contributed by atoms with Crippen molar-refractivity contribution in [3.05, 3.63) is 40.5 Å². The number of halogens is 2. The highest BCUT2D eigenvalue weighted by atomic mass is 35.5. The third kappa shape index (κ3) is 3.88. The number of rotatable bonds is 6. The van der Waals surface area contributed by atoms with Gasteiger partial charge in [0.15, 0.2) is 0 Å². The minimum absolute atomic E-state index is 0.0867. The van der Waals surface area contributed by atoms with Gasteiger partial charge in [0.25, 0.3) is 0 Å². The Morgan fingerprint density at radius 2 is 1.78 bits per heavy atom. The lowest BCUT2D eigenvalue weighted by Gasteiger charge is -2.15.